The summed E-state index contributed by atoms with van der Waals surface area (Å²) in [5.74, 6) is 0.606. The molecule has 3 heterocycles. The first kappa shape index (κ1) is 21.2. The molecule has 0 saturated carbocycles. The minimum absolute atomic E-state index is 0.101. The number of hydrogen-bond acceptors (Lipinski definition) is 5. The van der Waals surface area contributed by atoms with E-state index in [0.717, 1.165) is 18.8 Å². The van der Waals surface area contributed by atoms with Crippen LogP contribution in [-0.4, -0.2) is 58.4 Å². The van der Waals surface area contributed by atoms with E-state index in [-0.39, 0.29) is 11.9 Å². The third-order valence-electron chi connectivity index (χ3n) is 5.68. The van der Waals surface area contributed by atoms with Crippen LogP contribution in [0, 0.1) is 6.92 Å². The third kappa shape index (κ3) is 4.84. The number of carbonyl (C=O) groups is 1. The van der Waals surface area contributed by atoms with Crippen LogP contribution in [0.1, 0.15) is 40.1 Å². The molecule has 7 heteroatoms. The predicted molar refractivity (Wildman–Crippen MR) is 119 cm³/mol. The fourth-order valence-corrected chi connectivity index (χ4v) is 4.09. The van der Waals surface area contributed by atoms with Gasteiger partial charge in [0.15, 0.2) is 5.82 Å². The average Bonchev–Trinajstić information content (AvgIpc) is 3.25. The molecule has 2 aromatic heterocycles. The Bertz CT molecular complexity index is 1010. The average molecular weight is 420 g/mol. The number of morpholine rings is 1. The number of hydrogen-bond donors (Lipinski definition) is 1. The van der Waals surface area contributed by atoms with Gasteiger partial charge in [0, 0.05) is 25.8 Å². The Labute approximate surface area is 183 Å². The van der Waals surface area contributed by atoms with Crippen LogP contribution in [0.15, 0.2) is 54.9 Å². The first-order valence-electron chi connectivity index (χ1n) is 10.8. The monoisotopic (exact) mass is 419 g/mol. The van der Waals surface area contributed by atoms with Crippen LogP contribution in [-0.2, 0) is 11.2 Å². The summed E-state index contributed by atoms with van der Waals surface area (Å²) >= 11 is 0. The summed E-state index contributed by atoms with van der Waals surface area (Å²) in [6.07, 6.45) is 4.05. The van der Waals surface area contributed by atoms with Gasteiger partial charge in [-0.15, -0.1) is 0 Å². The number of aromatic nitrogens is 3. The van der Waals surface area contributed by atoms with Crippen LogP contribution < -0.4 is 5.32 Å². The summed E-state index contributed by atoms with van der Waals surface area (Å²) in [5.41, 5.74) is 3.88. The number of amides is 1. The van der Waals surface area contributed by atoms with Gasteiger partial charge in [0.25, 0.3) is 5.91 Å². The maximum atomic E-state index is 13.1. The summed E-state index contributed by atoms with van der Waals surface area (Å²) < 4.78 is 7.28. The summed E-state index contributed by atoms with van der Waals surface area (Å²) in [6, 6.07) is 14.3. The first-order chi connectivity index (χ1) is 15.2. The van der Waals surface area contributed by atoms with Crippen LogP contribution in [0.5, 0.6) is 0 Å². The number of aryl methyl sites for hydroxylation is 1. The number of rotatable bonds is 7. The minimum atomic E-state index is -0.107. The van der Waals surface area contributed by atoms with Crippen LogP contribution in [0.2, 0.25) is 0 Å². The van der Waals surface area contributed by atoms with E-state index in [9.17, 15) is 4.79 Å². The van der Waals surface area contributed by atoms with Gasteiger partial charge in [0.2, 0.25) is 0 Å². The molecule has 1 atom stereocenters. The number of benzene rings is 1. The van der Waals surface area contributed by atoms with E-state index in [0.29, 0.717) is 37.6 Å². The molecule has 0 aliphatic carbocycles. The van der Waals surface area contributed by atoms with Crippen molar-refractivity contribution < 1.29 is 9.53 Å². The standard InChI is InChI=1S/C24H29N5O2/c1-3-21-20(16-27-29(21)23-9-4-5-10-25-23)24(30)26-17-22(28-11-13-31-14-12-28)19-8-6-7-18(2)15-19/h4-10,15-16,22H,3,11-14,17H2,1-2H3,(H,26,30). The molecule has 4 rings (SSSR count). The highest BCUT2D eigenvalue weighted by atomic mass is 16.5. The van der Waals surface area contributed by atoms with E-state index in [2.05, 4.69) is 51.5 Å². The van der Waals surface area contributed by atoms with Gasteiger partial charge in [-0.05, 0) is 31.0 Å². The minimum Gasteiger partial charge on any atom is -0.379 e. The van der Waals surface area contributed by atoms with Crippen LogP contribution in [0.4, 0.5) is 0 Å². The number of nitrogens with one attached hydrogen (secondary N) is 1. The molecule has 7 nitrogen and oxygen atoms in total. The highest BCUT2D eigenvalue weighted by Gasteiger charge is 2.25. The van der Waals surface area contributed by atoms with Gasteiger partial charge in [-0.2, -0.15) is 5.10 Å². The van der Waals surface area contributed by atoms with Crippen LogP contribution in [0.25, 0.3) is 5.82 Å². The van der Waals surface area contributed by atoms with E-state index in [1.54, 1.807) is 17.1 Å². The molecule has 1 saturated heterocycles. The summed E-state index contributed by atoms with van der Waals surface area (Å²) in [7, 11) is 0. The van der Waals surface area contributed by atoms with Gasteiger partial charge >= 0.3 is 0 Å². The second kappa shape index (κ2) is 9.85. The molecule has 0 bridgehead atoms. The molecule has 162 valence electrons. The Morgan fingerprint density at radius 3 is 2.74 bits per heavy atom. The molecular weight excluding hydrogens is 390 g/mol. The Morgan fingerprint density at radius 1 is 1.19 bits per heavy atom. The van der Waals surface area contributed by atoms with Gasteiger partial charge in [0.1, 0.15) is 0 Å². The zero-order valence-corrected chi connectivity index (χ0v) is 18.1. The molecule has 1 unspecified atom stereocenters. The van der Waals surface area contributed by atoms with Crippen molar-refractivity contribution in [1.82, 2.24) is 25.0 Å². The van der Waals surface area contributed by atoms with Crippen LogP contribution >= 0.6 is 0 Å². The Hall–Kier alpha value is -3.03. The molecule has 1 aromatic carbocycles. The van der Waals surface area contributed by atoms with Gasteiger partial charge < -0.3 is 10.1 Å². The lowest BCUT2D eigenvalue weighted by Crippen LogP contribution is -2.43. The number of nitrogens with zero attached hydrogens (tertiary/aromatic N) is 4. The molecule has 0 spiro atoms. The van der Waals surface area contributed by atoms with Crippen LogP contribution in [0.3, 0.4) is 0 Å². The van der Waals surface area contributed by atoms with E-state index in [1.807, 2.05) is 25.1 Å². The predicted octanol–water partition coefficient (Wildman–Crippen LogP) is 2.94. The Morgan fingerprint density at radius 2 is 2.03 bits per heavy atom. The van der Waals surface area contributed by atoms with E-state index < -0.39 is 0 Å². The maximum absolute atomic E-state index is 13.1. The summed E-state index contributed by atoms with van der Waals surface area (Å²) in [4.78, 5) is 19.9. The lowest BCUT2D eigenvalue weighted by molar-refractivity contribution is 0.0162. The molecule has 1 fully saturated rings. The van der Waals surface area contributed by atoms with Crippen molar-refractivity contribution >= 4 is 5.91 Å². The number of ether oxygens (including phenoxy) is 1. The van der Waals surface area contributed by atoms with Crippen molar-refractivity contribution in [3.8, 4) is 5.82 Å². The highest BCUT2D eigenvalue weighted by molar-refractivity contribution is 5.95. The highest BCUT2D eigenvalue weighted by Crippen LogP contribution is 2.23. The zero-order chi connectivity index (χ0) is 21.6. The molecule has 1 amide bonds. The number of carbonyl (C=O) groups excluding carboxylic acids is 1. The van der Waals surface area contributed by atoms with Crippen molar-refractivity contribution in [2.45, 2.75) is 26.3 Å². The molecular formula is C24H29N5O2. The number of pyridine rings is 1. The second-order valence-corrected chi connectivity index (χ2v) is 7.75. The van der Waals surface area contributed by atoms with Crippen molar-refractivity contribution in [2.75, 3.05) is 32.8 Å². The summed E-state index contributed by atoms with van der Waals surface area (Å²) in [5, 5.41) is 7.59. The van der Waals surface area contributed by atoms with Gasteiger partial charge in [-0.1, -0.05) is 42.8 Å². The zero-order valence-electron chi connectivity index (χ0n) is 18.1. The van der Waals surface area contributed by atoms with Crippen molar-refractivity contribution in [3.63, 3.8) is 0 Å². The summed E-state index contributed by atoms with van der Waals surface area (Å²) in [6.45, 7) is 7.79. The fourth-order valence-electron chi connectivity index (χ4n) is 4.09. The smallest absolute Gasteiger partial charge is 0.254 e. The van der Waals surface area contributed by atoms with Crippen molar-refractivity contribution in [3.05, 3.63) is 77.2 Å². The third-order valence-corrected chi connectivity index (χ3v) is 5.68. The van der Waals surface area contributed by atoms with Gasteiger partial charge in [-0.25, -0.2) is 9.67 Å². The first-order valence-corrected chi connectivity index (χ1v) is 10.8. The molecule has 1 aliphatic heterocycles. The van der Waals surface area contributed by atoms with E-state index in [1.165, 1.54) is 11.1 Å². The van der Waals surface area contributed by atoms with E-state index >= 15 is 0 Å². The SMILES string of the molecule is CCc1c(C(=O)NCC(c2cccc(C)c2)N2CCOCC2)cnn1-c1ccccn1. The molecule has 1 N–H and O–H groups in total. The molecule has 1 aliphatic rings. The fraction of sp³-hybridized carbons (Fsp3) is 0.375. The molecule has 0 radical (unpaired) electrons. The Balaban J connectivity index is 1.53. The molecule has 31 heavy (non-hydrogen) atoms. The maximum Gasteiger partial charge on any atom is 0.254 e. The quantitative estimate of drug-likeness (QED) is 0.638. The topological polar surface area (TPSA) is 72.3 Å². The molecule has 3 aromatic rings. The van der Waals surface area contributed by atoms with Gasteiger partial charge in [0.05, 0.1) is 36.7 Å². The lowest BCUT2D eigenvalue weighted by atomic mass is 10.0. The lowest BCUT2D eigenvalue weighted by Gasteiger charge is -2.35. The largest absolute Gasteiger partial charge is 0.379 e. The van der Waals surface area contributed by atoms with Crippen molar-refractivity contribution in [1.29, 1.82) is 0 Å². The second-order valence-electron chi connectivity index (χ2n) is 7.75. The Kier molecular flexibility index (Phi) is 6.74. The van der Waals surface area contributed by atoms with Gasteiger partial charge in [-0.3, -0.25) is 9.69 Å². The normalized spacial score (nSPS) is 15.5. The van der Waals surface area contributed by atoms with Crippen molar-refractivity contribution in [2.24, 2.45) is 0 Å². The van der Waals surface area contributed by atoms with E-state index in [4.69, 9.17) is 4.74 Å².